The van der Waals surface area contributed by atoms with Gasteiger partial charge in [0.05, 0.1) is 0 Å². The van der Waals surface area contributed by atoms with Crippen molar-refractivity contribution in [3.8, 4) is 22.4 Å². The predicted octanol–water partition coefficient (Wildman–Crippen LogP) is 6.59. The Kier molecular flexibility index (Phi) is 4.73. The molecule has 149 valence electrons. The maximum Gasteiger partial charge on any atom is 0.0160 e. The molecule has 0 N–H and O–H groups in total. The first-order chi connectivity index (χ1) is 14.3. The van der Waals surface area contributed by atoms with E-state index in [2.05, 4.69) is 77.8 Å². The van der Waals surface area contributed by atoms with Crippen LogP contribution in [0.15, 0.2) is 97.2 Å². The Morgan fingerprint density at radius 2 is 1.33 bits per heavy atom. The Hall–Kier alpha value is -2.54. The molecule has 2 bridgehead atoms. The van der Waals surface area contributed by atoms with Gasteiger partial charge in [0.15, 0.2) is 0 Å². The van der Waals surface area contributed by atoms with E-state index in [-0.39, 0.29) is 20.1 Å². The van der Waals surface area contributed by atoms with Crippen molar-refractivity contribution in [1.29, 1.82) is 0 Å². The molecule has 1 nitrogen and oxygen atoms in total. The second-order valence-corrected chi connectivity index (χ2v) is 8.74. The molecule has 1 heterocycles. The molecule has 0 saturated heterocycles. The van der Waals surface area contributed by atoms with Crippen LogP contribution in [0.1, 0.15) is 30.4 Å². The third kappa shape index (κ3) is 2.98. The van der Waals surface area contributed by atoms with Gasteiger partial charge in [-0.2, -0.15) is 0 Å². The average Bonchev–Trinajstić information content (AvgIpc) is 2.74. The van der Waals surface area contributed by atoms with E-state index in [0.717, 1.165) is 11.3 Å². The fourth-order valence-corrected chi connectivity index (χ4v) is 5.52. The van der Waals surface area contributed by atoms with Crippen LogP contribution in [0.25, 0.3) is 22.4 Å². The Labute approximate surface area is 191 Å². The molecule has 3 aliphatic rings. The van der Waals surface area contributed by atoms with E-state index in [9.17, 15) is 0 Å². The zero-order valence-corrected chi connectivity index (χ0v) is 19.0. The Bertz CT molecular complexity index is 1150. The first kappa shape index (κ1) is 19.4. The minimum atomic E-state index is 0. The molecular formula is C28H22IrN-. The molecule has 7 rings (SSSR count). The van der Waals surface area contributed by atoms with E-state index in [1.54, 1.807) is 0 Å². The smallest absolute Gasteiger partial charge is 0.0160 e. The maximum atomic E-state index is 4.45. The van der Waals surface area contributed by atoms with Crippen molar-refractivity contribution < 1.29 is 20.1 Å². The quantitative estimate of drug-likeness (QED) is 0.255. The van der Waals surface area contributed by atoms with Crippen LogP contribution in [0.4, 0.5) is 0 Å². The largest absolute Gasteiger partial charge is 0.305 e. The van der Waals surface area contributed by atoms with Crippen molar-refractivity contribution in [2.45, 2.75) is 30.1 Å². The van der Waals surface area contributed by atoms with Gasteiger partial charge in [0.2, 0.25) is 0 Å². The number of hydrogen-bond acceptors (Lipinski definition) is 1. The summed E-state index contributed by atoms with van der Waals surface area (Å²) in [4.78, 5) is 4.45. The van der Waals surface area contributed by atoms with E-state index in [4.69, 9.17) is 0 Å². The molecule has 4 aromatic rings. The Morgan fingerprint density at radius 1 is 0.667 bits per heavy atom. The van der Waals surface area contributed by atoms with Crippen molar-refractivity contribution in [1.82, 2.24) is 4.98 Å². The minimum Gasteiger partial charge on any atom is -0.305 e. The molecule has 0 amide bonds. The van der Waals surface area contributed by atoms with Crippen LogP contribution in [0, 0.1) is 6.07 Å². The fourth-order valence-electron chi connectivity index (χ4n) is 5.52. The van der Waals surface area contributed by atoms with E-state index < -0.39 is 0 Å². The molecule has 3 fully saturated rings. The van der Waals surface area contributed by atoms with Crippen LogP contribution in [-0.2, 0) is 30.9 Å². The molecule has 0 aliphatic heterocycles. The monoisotopic (exact) mass is 565 g/mol. The Morgan fingerprint density at radius 3 is 2.00 bits per heavy atom. The van der Waals surface area contributed by atoms with E-state index in [1.807, 2.05) is 30.5 Å². The van der Waals surface area contributed by atoms with Gasteiger partial charge in [0.25, 0.3) is 0 Å². The van der Waals surface area contributed by atoms with Gasteiger partial charge in [0, 0.05) is 26.3 Å². The molecule has 0 atom stereocenters. The van der Waals surface area contributed by atoms with Crippen LogP contribution >= 0.6 is 0 Å². The minimum absolute atomic E-state index is 0. The van der Waals surface area contributed by atoms with Gasteiger partial charge in [0.1, 0.15) is 0 Å². The van der Waals surface area contributed by atoms with Gasteiger partial charge in [-0.05, 0) is 58.5 Å². The summed E-state index contributed by atoms with van der Waals surface area (Å²) >= 11 is 0. The average molecular weight is 565 g/mol. The third-order valence-electron chi connectivity index (χ3n) is 6.99. The van der Waals surface area contributed by atoms with Gasteiger partial charge >= 0.3 is 0 Å². The number of hydrogen-bond donors (Lipinski definition) is 0. The summed E-state index contributed by atoms with van der Waals surface area (Å²) in [6, 6.07) is 35.9. The zero-order valence-electron chi connectivity index (χ0n) is 16.6. The summed E-state index contributed by atoms with van der Waals surface area (Å²) in [5.41, 5.74) is 8.37. The second kappa shape index (κ2) is 7.30. The van der Waals surface area contributed by atoms with E-state index >= 15 is 0 Å². The van der Waals surface area contributed by atoms with Crippen LogP contribution in [0.5, 0.6) is 0 Å². The molecule has 3 aliphatic carbocycles. The number of benzene rings is 3. The molecular weight excluding hydrogens is 543 g/mol. The van der Waals surface area contributed by atoms with Crippen molar-refractivity contribution in [2.75, 3.05) is 0 Å². The molecule has 2 heteroatoms. The van der Waals surface area contributed by atoms with Gasteiger partial charge < -0.3 is 4.98 Å². The van der Waals surface area contributed by atoms with Crippen molar-refractivity contribution in [3.63, 3.8) is 0 Å². The van der Waals surface area contributed by atoms with Crippen molar-refractivity contribution >= 4 is 0 Å². The summed E-state index contributed by atoms with van der Waals surface area (Å²) in [6.07, 6.45) is 5.73. The summed E-state index contributed by atoms with van der Waals surface area (Å²) in [5, 5.41) is 0. The topological polar surface area (TPSA) is 12.9 Å². The summed E-state index contributed by atoms with van der Waals surface area (Å²) in [7, 11) is 0. The summed E-state index contributed by atoms with van der Waals surface area (Å²) < 4.78 is 0. The SMILES string of the molecule is [Ir].[c-]1ccc(-c2ccc(C34CC(c5ccccc5)(C3)C4)cc2)cc1-c1ccccn1. The first-order valence-electron chi connectivity index (χ1n) is 10.4. The zero-order chi connectivity index (χ0) is 19.3. The third-order valence-corrected chi connectivity index (χ3v) is 6.99. The predicted molar refractivity (Wildman–Crippen MR) is 118 cm³/mol. The Balaban J connectivity index is 0.00000193. The molecule has 0 unspecified atom stereocenters. The van der Waals surface area contributed by atoms with Crippen LogP contribution < -0.4 is 0 Å². The summed E-state index contributed by atoms with van der Waals surface area (Å²) in [6.45, 7) is 0. The second-order valence-electron chi connectivity index (χ2n) is 8.74. The summed E-state index contributed by atoms with van der Waals surface area (Å²) in [5.74, 6) is 0. The normalized spacial score (nSPS) is 23.6. The van der Waals surface area contributed by atoms with E-state index in [0.29, 0.717) is 10.8 Å². The van der Waals surface area contributed by atoms with Gasteiger partial charge in [-0.1, -0.05) is 66.7 Å². The number of rotatable bonds is 4. The first-order valence-corrected chi connectivity index (χ1v) is 10.4. The molecule has 0 spiro atoms. The number of aromatic nitrogens is 1. The van der Waals surface area contributed by atoms with Crippen LogP contribution in [0.2, 0.25) is 0 Å². The standard InChI is InChI=1S/C28H22N.Ir/c1-2-9-24(10-3-1)27-18-28(19-27,20-27)25-14-12-21(13-15-25)22-7-6-8-23(17-22)26-11-4-5-16-29-26;/h1-7,9-17H,18-20H2;/q-1;. The molecule has 1 aromatic heterocycles. The maximum absolute atomic E-state index is 4.45. The number of nitrogens with zero attached hydrogens (tertiary/aromatic N) is 1. The van der Waals surface area contributed by atoms with Crippen molar-refractivity contribution in [3.05, 3.63) is 114 Å². The van der Waals surface area contributed by atoms with E-state index in [1.165, 1.54) is 41.5 Å². The molecule has 3 aromatic carbocycles. The molecule has 3 saturated carbocycles. The van der Waals surface area contributed by atoms with Crippen LogP contribution in [0.3, 0.4) is 0 Å². The van der Waals surface area contributed by atoms with Gasteiger partial charge in [-0.25, -0.2) is 0 Å². The number of pyridine rings is 1. The molecule has 30 heavy (non-hydrogen) atoms. The molecule has 1 radical (unpaired) electrons. The van der Waals surface area contributed by atoms with Gasteiger partial charge in [-0.15, -0.1) is 35.4 Å². The van der Waals surface area contributed by atoms with Gasteiger partial charge in [-0.3, -0.25) is 0 Å². The van der Waals surface area contributed by atoms with Crippen molar-refractivity contribution in [2.24, 2.45) is 0 Å². The fraction of sp³-hybridized carbons (Fsp3) is 0.179. The van der Waals surface area contributed by atoms with Crippen LogP contribution in [-0.4, -0.2) is 4.98 Å².